The lowest BCUT2D eigenvalue weighted by Crippen LogP contribution is -2.57. The molecule has 5 aliphatic rings. The quantitative estimate of drug-likeness (QED) is 0.421. The molecule has 1 aromatic carbocycles. The van der Waals surface area contributed by atoms with E-state index in [1.807, 2.05) is 4.90 Å². The molecule has 0 bridgehead atoms. The Morgan fingerprint density at radius 1 is 1.00 bits per heavy atom. The summed E-state index contributed by atoms with van der Waals surface area (Å²) in [6.07, 6.45) is 8.84. The van der Waals surface area contributed by atoms with Crippen LogP contribution in [0, 0.1) is 17.8 Å². The number of urea groups is 1. The van der Waals surface area contributed by atoms with Gasteiger partial charge in [0.05, 0.1) is 41.7 Å². The highest BCUT2D eigenvalue weighted by Gasteiger charge is 2.45. The number of rotatable bonds is 7. The second-order valence-corrected chi connectivity index (χ2v) is 12.4. The second-order valence-electron chi connectivity index (χ2n) is 12.4. The molecule has 6 rings (SSSR count). The molecule has 0 saturated carbocycles. The number of carbonyl (C=O) groups is 1. The van der Waals surface area contributed by atoms with Gasteiger partial charge in [0.2, 0.25) is 0 Å². The third kappa shape index (κ3) is 5.62. The molecule has 43 heavy (non-hydrogen) atoms. The SMILES string of the molecule is C=C[C@H]1CN2CCc3cc(OC)c(OC)cc3[C@@H]2C[C@@H]1C[C@@H]1C2CC(OC)=C(OC)C=C2CCN1C(=O)N1CCOCC1. The maximum Gasteiger partial charge on any atom is 0.320 e. The van der Waals surface area contributed by atoms with E-state index in [-0.39, 0.29) is 18.0 Å². The van der Waals surface area contributed by atoms with Crippen LogP contribution in [-0.2, 0) is 20.6 Å². The Morgan fingerprint density at radius 3 is 2.47 bits per heavy atom. The highest BCUT2D eigenvalue weighted by atomic mass is 16.5. The van der Waals surface area contributed by atoms with Crippen LogP contribution in [0.3, 0.4) is 0 Å². The van der Waals surface area contributed by atoms with Gasteiger partial charge in [-0.3, -0.25) is 4.90 Å². The van der Waals surface area contributed by atoms with E-state index in [0.717, 1.165) is 68.2 Å². The Hall–Kier alpha value is -3.17. The van der Waals surface area contributed by atoms with Crippen LogP contribution in [0.15, 0.2) is 48.0 Å². The molecule has 9 heteroatoms. The predicted octanol–water partition coefficient (Wildman–Crippen LogP) is 4.79. The molecular formula is C34H47N3O6. The molecule has 3 fully saturated rings. The molecule has 2 amide bonds. The van der Waals surface area contributed by atoms with Gasteiger partial charge in [-0.15, -0.1) is 6.58 Å². The molecule has 0 spiro atoms. The molecule has 9 nitrogen and oxygen atoms in total. The fraction of sp³-hybridized carbons (Fsp3) is 0.618. The first kappa shape index (κ1) is 29.9. The highest BCUT2D eigenvalue weighted by Crippen LogP contribution is 2.48. The summed E-state index contributed by atoms with van der Waals surface area (Å²) in [5, 5.41) is 0. The van der Waals surface area contributed by atoms with Crippen molar-refractivity contribution in [1.82, 2.24) is 14.7 Å². The van der Waals surface area contributed by atoms with Gasteiger partial charge < -0.3 is 33.5 Å². The largest absolute Gasteiger partial charge is 0.497 e. The van der Waals surface area contributed by atoms with Crippen molar-refractivity contribution in [2.45, 2.75) is 44.2 Å². The molecule has 0 aromatic heterocycles. The van der Waals surface area contributed by atoms with E-state index in [1.54, 1.807) is 28.4 Å². The summed E-state index contributed by atoms with van der Waals surface area (Å²) in [7, 11) is 6.83. The molecule has 234 valence electrons. The standard InChI is InChI=1S/C34H47N3O6/c1-6-22-21-36-9-7-23-17-30(39-2)32(41-4)19-26(23)28(36)15-25(22)16-29-27-20-33(42-5)31(40-3)18-24(27)8-10-37(29)34(38)35-11-13-43-14-12-35/h6,17-19,22,25,27-29H,1,7-16,20-21H2,2-5H3/t22-,25+,27?,28-,29+/m0/s1. The van der Waals surface area contributed by atoms with E-state index < -0.39 is 0 Å². The molecule has 0 N–H and O–H groups in total. The van der Waals surface area contributed by atoms with E-state index in [9.17, 15) is 4.79 Å². The smallest absolute Gasteiger partial charge is 0.320 e. The third-order valence-corrected chi connectivity index (χ3v) is 10.5. The lowest BCUT2D eigenvalue weighted by molar-refractivity contribution is 0.0188. The number of hydrogen-bond donors (Lipinski definition) is 0. The first-order chi connectivity index (χ1) is 21.0. The lowest BCUT2D eigenvalue weighted by Gasteiger charge is -2.51. The number of allylic oxidation sites excluding steroid dienone is 2. The van der Waals surface area contributed by atoms with Gasteiger partial charge in [-0.2, -0.15) is 0 Å². The zero-order chi connectivity index (χ0) is 30.1. The van der Waals surface area contributed by atoms with Gasteiger partial charge in [0.25, 0.3) is 0 Å². The number of methoxy groups -OCH3 is 4. The zero-order valence-corrected chi connectivity index (χ0v) is 26.2. The number of piperidine rings is 2. The molecule has 1 aliphatic carbocycles. The van der Waals surface area contributed by atoms with Crippen LogP contribution in [0.1, 0.15) is 42.9 Å². The normalized spacial score (nSPS) is 29.1. The Morgan fingerprint density at radius 2 is 1.77 bits per heavy atom. The minimum atomic E-state index is 0.0614. The lowest BCUT2D eigenvalue weighted by atomic mass is 9.70. The van der Waals surface area contributed by atoms with E-state index >= 15 is 0 Å². The fourth-order valence-electron chi connectivity index (χ4n) is 8.19. The molecule has 4 aliphatic heterocycles. The van der Waals surface area contributed by atoms with Crippen LogP contribution in [-0.4, -0.2) is 101 Å². The summed E-state index contributed by atoms with van der Waals surface area (Å²) >= 11 is 0. The van der Waals surface area contributed by atoms with Gasteiger partial charge in [-0.05, 0) is 66.9 Å². The number of benzene rings is 1. The average Bonchev–Trinajstić information content (AvgIpc) is 3.06. The van der Waals surface area contributed by atoms with Gasteiger partial charge in [0.15, 0.2) is 17.3 Å². The Balaban J connectivity index is 1.32. The zero-order valence-electron chi connectivity index (χ0n) is 26.2. The maximum atomic E-state index is 14.1. The van der Waals surface area contributed by atoms with Crippen molar-refractivity contribution >= 4 is 6.03 Å². The number of nitrogens with zero attached hydrogens (tertiary/aromatic N) is 3. The van der Waals surface area contributed by atoms with Crippen molar-refractivity contribution in [1.29, 1.82) is 0 Å². The molecule has 3 saturated heterocycles. The van der Waals surface area contributed by atoms with Gasteiger partial charge in [-0.25, -0.2) is 4.79 Å². The number of likely N-dealkylation sites (tertiary alicyclic amines) is 1. The summed E-state index contributed by atoms with van der Waals surface area (Å²) in [6.45, 7) is 9.48. The van der Waals surface area contributed by atoms with Crippen LogP contribution < -0.4 is 9.47 Å². The first-order valence-electron chi connectivity index (χ1n) is 15.8. The van der Waals surface area contributed by atoms with Gasteiger partial charge in [0, 0.05) is 57.1 Å². The first-order valence-corrected chi connectivity index (χ1v) is 15.8. The van der Waals surface area contributed by atoms with E-state index in [2.05, 4.69) is 40.7 Å². The van der Waals surface area contributed by atoms with E-state index in [4.69, 9.17) is 23.7 Å². The number of amides is 2. The third-order valence-electron chi connectivity index (χ3n) is 10.5. The number of hydrogen-bond acceptors (Lipinski definition) is 7. The van der Waals surface area contributed by atoms with Crippen LogP contribution in [0.4, 0.5) is 4.79 Å². The van der Waals surface area contributed by atoms with Crippen molar-refractivity contribution in [3.63, 3.8) is 0 Å². The maximum absolute atomic E-state index is 14.1. The monoisotopic (exact) mass is 593 g/mol. The molecular weight excluding hydrogens is 546 g/mol. The second kappa shape index (κ2) is 12.8. The number of fused-ring (bicyclic) bond motifs is 4. The van der Waals surface area contributed by atoms with Gasteiger partial charge in [0.1, 0.15) is 5.76 Å². The van der Waals surface area contributed by atoms with E-state index in [1.165, 1.54) is 16.7 Å². The minimum Gasteiger partial charge on any atom is -0.497 e. The molecule has 0 radical (unpaired) electrons. The van der Waals surface area contributed by atoms with Crippen molar-refractivity contribution < 1.29 is 28.5 Å². The number of carbonyl (C=O) groups excluding carboxylic acids is 1. The molecule has 1 aromatic rings. The van der Waals surface area contributed by atoms with Crippen molar-refractivity contribution in [2.75, 3.05) is 74.4 Å². The molecule has 1 unspecified atom stereocenters. The van der Waals surface area contributed by atoms with Crippen LogP contribution in [0.25, 0.3) is 0 Å². The van der Waals surface area contributed by atoms with Crippen molar-refractivity contribution in [2.24, 2.45) is 17.8 Å². The summed E-state index contributed by atoms with van der Waals surface area (Å²) in [4.78, 5) is 20.9. The van der Waals surface area contributed by atoms with Crippen LogP contribution >= 0.6 is 0 Å². The Labute approximate surface area is 256 Å². The minimum absolute atomic E-state index is 0.0614. The Bertz CT molecular complexity index is 1270. The highest BCUT2D eigenvalue weighted by molar-refractivity contribution is 5.75. The summed E-state index contributed by atoms with van der Waals surface area (Å²) in [5.41, 5.74) is 4.05. The average molecular weight is 594 g/mol. The van der Waals surface area contributed by atoms with Gasteiger partial charge in [-0.1, -0.05) is 11.6 Å². The van der Waals surface area contributed by atoms with Crippen molar-refractivity contribution in [3.05, 3.63) is 59.1 Å². The van der Waals surface area contributed by atoms with E-state index in [0.29, 0.717) is 50.7 Å². The summed E-state index contributed by atoms with van der Waals surface area (Å²) in [5.74, 6) is 4.16. The topological polar surface area (TPSA) is 72.9 Å². The Kier molecular flexibility index (Phi) is 8.91. The molecule has 4 heterocycles. The summed E-state index contributed by atoms with van der Waals surface area (Å²) < 4.78 is 28.4. The number of morpholine rings is 1. The van der Waals surface area contributed by atoms with Crippen molar-refractivity contribution in [3.8, 4) is 11.5 Å². The van der Waals surface area contributed by atoms with Crippen LogP contribution in [0.5, 0.6) is 11.5 Å². The van der Waals surface area contributed by atoms with Gasteiger partial charge >= 0.3 is 6.03 Å². The number of ether oxygens (including phenoxy) is 5. The summed E-state index contributed by atoms with van der Waals surface area (Å²) in [6, 6.07) is 4.85. The fourth-order valence-corrected chi connectivity index (χ4v) is 8.19. The molecule has 5 atom stereocenters. The van der Waals surface area contributed by atoms with Crippen LogP contribution in [0.2, 0.25) is 0 Å². The predicted molar refractivity (Wildman–Crippen MR) is 164 cm³/mol.